The second-order valence-electron chi connectivity index (χ2n) is 8.64. The van der Waals surface area contributed by atoms with E-state index < -0.39 is 5.97 Å². The first-order chi connectivity index (χ1) is 17.7. The van der Waals surface area contributed by atoms with Crippen LogP contribution in [-0.4, -0.2) is 97.9 Å². The van der Waals surface area contributed by atoms with E-state index in [0.717, 1.165) is 9.26 Å². The van der Waals surface area contributed by atoms with E-state index in [4.69, 9.17) is 25.8 Å². The quantitative estimate of drug-likeness (QED) is 0.342. The maximum atomic E-state index is 13.2. The van der Waals surface area contributed by atoms with Gasteiger partial charge in [0.1, 0.15) is 10.6 Å². The Labute approximate surface area is 237 Å². The number of aromatic amines is 1. The molecule has 0 saturated carbocycles. The third-order valence-electron chi connectivity index (χ3n) is 6.31. The number of H-pyrrole nitrogens is 1. The Morgan fingerprint density at radius 1 is 1.30 bits per heavy atom. The molecular weight excluding hydrogens is 637 g/mol. The Bertz CT molecular complexity index is 1170. The van der Waals surface area contributed by atoms with Gasteiger partial charge < -0.3 is 34.3 Å². The van der Waals surface area contributed by atoms with Crippen molar-refractivity contribution in [1.82, 2.24) is 20.2 Å². The van der Waals surface area contributed by atoms with Crippen molar-refractivity contribution in [2.24, 2.45) is 0 Å². The van der Waals surface area contributed by atoms with E-state index in [1.165, 1.54) is 11.3 Å². The number of rotatable bonds is 7. The summed E-state index contributed by atoms with van der Waals surface area (Å²) in [6.45, 7) is 6.51. The number of thiazole rings is 1. The van der Waals surface area contributed by atoms with Crippen LogP contribution in [0.25, 0.3) is 0 Å². The maximum absolute atomic E-state index is 13.2. The minimum absolute atomic E-state index is 0.0223. The Hall–Kier alpha value is -1.94. The summed E-state index contributed by atoms with van der Waals surface area (Å²) in [6.07, 6.45) is 0.222. The molecule has 0 bridgehead atoms. The lowest BCUT2D eigenvalue weighted by molar-refractivity contribution is 0.0301. The van der Waals surface area contributed by atoms with Crippen LogP contribution in [-0.2, 0) is 14.2 Å². The molecule has 202 valence electrons. The van der Waals surface area contributed by atoms with Gasteiger partial charge in [-0.3, -0.25) is 9.59 Å². The summed E-state index contributed by atoms with van der Waals surface area (Å²) in [5.74, 6) is -1.18. The van der Waals surface area contributed by atoms with Crippen molar-refractivity contribution in [3.05, 3.63) is 30.6 Å². The van der Waals surface area contributed by atoms with Gasteiger partial charge in [0.15, 0.2) is 10.8 Å². The fraction of sp³-hybridized carbons (Fsp3) is 0.565. The van der Waals surface area contributed by atoms with Gasteiger partial charge in [-0.15, -0.1) is 0 Å². The number of methoxy groups -OCH3 is 1. The first kappa shape index (κ1) is 28.1. The summed E-state index contributed by atoms with van der Waals surface area (Å²) < 4.78 is 17.0. The first-order valence-electron chi connectivity index (χ1n) is 11.9. The molecule has 14 heteroatoms. The van der Waals surface area contributed by atoms with Crippen LogP contribution in [0.1, 0.15) is 49.7 Å². The number of esters is 1. The molecule has 11 nitrogen and oxygen atoms in total. The lowest BCUT2D eigenvalue weighted by Crippen LogP contribution is -2.55. The average Bonchev–Trinajstić information content (AvgIpc) is 3.46. The topological polar surface area (TPSA) is 126 Å². The molecule has 2 aromatic heterocycles. The fourth-order valence-electron chi connectivity index (χ4n) is 4.30. The van der Waals surface area contributed by atoms with Crippen LogP contribution in [0.2, 0.25) is 5.02 Å². The zero-order valence-electron chi connectivity index (χ0n) is 20.8. The SMILES string of the molecule is CCOC(=O)c1nc(N2CCC(NC(=O)c3[nH]c(C)c(I)c3Cl)C(OC)C2)sc1C(=O)N1CCOCC1. The van der Waals surface area contributed by atoms with Crippen LogP contribution < -0.4 is 10.2 Å². The van der Waals surface area contributed by atoms with E-state index in [0.29, 0.717) is 61.7 Å². The summed E-state index contributed by atoms with van der Waals surface area (Å²) >= 11 is 9.59. The smallest absolute Gasteiger partial charge is 0.358 e. The lowest BCUT2D eigenvalue weighted by Gasteiger charge is -2.37. The molecule has 4 heterocycles. The highest BCUT2D eigenvalue weighted by Crippen LogP contribution is 2.31. The number of halogens is 2. The predicted octanol–water partition coefficient (Wildman–Crippen LogP) is 2.71. The molecule has 0 aliphatic carbocycles. The van der Waals surface area contributed by atoms with Gasteiger partial charge in [-0.25, -0.2) is 9.78 Å². The second kappa shape index (κ2) is 12.3. The molecule has 2 unspecified atom stereocenters. The number of ether oxygens (including phenoxy) is 3. The first-order valence-corrected chi connectivity index (χ1v) is 14.2. The van der Waals surface area contributed by atoms with Crippen molar-refractivity contribution in [2.45, 2.75) is 32.4 Å². The van der Waals surface area contributed by atoms with Gasteiger partial charge in [-0.1, -0.05) is 22.9 Å². The van der Waals surface area contributed by atoms with E-state index in [-0.39, 0.29) is 41.1 Å². The molecular formula is C23H29ClIN5O6S. The number of carbonyl (C=O) groups excluding carboxylic acids is 3. The minimum atomic E-state index is -0.625. The number of anilines is 1. The van der Waals surface area contributed by atoms with Crippen molar-refractivity contribution in [3.8, 4) is 0 Å². The third-order valence-corrected chi connectivity index (χ3v) is 9.46. The highest BCUT2D eigenvalue weighted by Gasteiger charge is 2.35. The molecule has 2 fully saturated rings. The number of aryl methyl sites for hydroxylation is 1. The normalized spacial score (nSPS) is 20.1. The Kier molecular flexibility index (Phi) is 9.32. The lowest BCUT2D eigenvalue weighted by atomic mass is 10.0. The molecule has 2 aliphatic rings. The van der Waals surface area contributed by atoms with Gasteiger partial charge in [0.25, 0.3) is 11.8 Å². The number of piperidine rings is 1. The molecule has 0 radical (unpaired) electrons. The summed E-state index contributed by atoms with van der Waals surface area (Å²) in [4.78, 5) is 50.2. The average molecular weight is 666 g/mol. The molecule has 2 amide bonds. The number of morpholine rings is 1. The monoisotopic (exact) mass is 665 g/mol. The van der Waals surface area contributed by atoms with Crippen molar-refractivity contribution in [2.75, 3.05) is 58.0 Å². The van der Waals surface area contributed by atoms with Gasteiger partial charge in [0.2, 0.25) is 0 Å². The van der Waals surface area contributed by atoms with Crippen molar-refractivity contribution < 1.29 is 28.6 Å². The predicted molar refractivity (Wildman–Crippen MR) is 147 cm³/mol. The van der Waals surface area contributed by atoms with Crippen LogP contribution >= 0.6 is 45.5 Å². The van der Waals surface area contributed by atoms with E-state index in [1.807, 2.05) is 11.8 Å². The highest BCUT2D eigenvalue weighted by molar-refractivity contribution is 14.1. The Morgan fingerprint density at radius 3 is 2.65 bits per heavy atom. The number of nitrogens with one attached hydrogen (secondary N) is 2. The molecule has 0 aromatic carbocycles. The van der Waals surface area contributed by atoms with Crippen LogP contribution in [0.15, 0.2) is 0 Å². The minimum Gasteiger partial charge on any atom is -0.461 e. The van der Waals surface area contributed by atoms with Gasteiger partial charge in [0, 0.05) is 39.0 Å². The van der Waals surface area contributed by atoms with Crippen molar-refractivity contribution in [1.29, 1.82) is 0 Å². The summed E-state index contributed by atoms with van der Waals surface area (Å²) in [7, 11) is 1.58. The summed E-state index contributed by atoms with van der Waals surface area (Å²) in [5, 5.41) is 3.96. The summed E-state index contributed by atoms with van der Waals surface area (Å²) in [5.41, 5.74) is 1.18. The molecule has 0 spiro atoms. The number of carbonyl (C=O) groups is 3. The van der Waals surface area contributed by atoms with Crippen LogP contribution in [0, 0.1) is 10.5 Å². The van der Waals surface area contributed by atoms with E-state index in [2.05, 4.69) is 37.9 Å². The molecule has 4 rings (SSSR count). The number of nitrogens with zero attached hydrogens (tertiary/aromatic N) is 3. The highest BCUT2D eigenvalue weighted by atomic mass is 127. The van der Waals surface area contributed by atoms with Gasteiger partial charge >= 0.3 is 5.97 Å². The van der Waals surface area contributed by atoms with Crippen molar-refractivity contribution >= 4 is 68.4 Å². The summed E-state index contributed by atoms with van der Waals surface area (Å²) in [6, 6.07) is -0.259. The standard InChI is InChI=1S/C23H29ClIN5O6S/c1-4-36-22(33)18-19(21(32)29-7-9-35-10-8-29)37-23(28-18)30-6-5-13(14(11-30)34-3)27-20(31)17-15(24)16(25)12(2)26-17/h13-14,26H,4-11H2,1-3H3,(H,27,31). The van der Waals surface area contributed by atoms with E-state index in [1.54, 1.807) is 18.9 Å². The van der Waals surface area contributed by atoms with Crippen LogP contribution in [0.3, 0.4) is 0 Å². The maximum Gasteiger partial charge on any atom is 0.358 e. The molecule has 2 N–H and O–H groups in total. The molecule has 2 saturated heterocycles. The number of aromatic nitrogens is 2. The van der Waals surface area contributed by atoms with E-state index >= 15 is 0 Å². The zero-order valence-corrected chi connectivity index (χ0v) is 24.5. The number of amides is 2. The fourth-order valence-corrected chi connectivity index (χ4v) is 6.04. The number of hydrogen-bond donors (Lipinski definition) is 2. The van der Waals surface area contributed by atoms with Crippen LogP contribution in [0.4, 0.5) is 5.13 Å². The third kappa shape index (κ3) is 6.05. The van der Waals surface area contributed by atoms with Crippen molar-refractivity contribution in [3.63, 3.8) is 0 Å². The largest absolute Gasteiger partial charge is 0.461 e. The van der Waals surface area contributed by atoms with E-state index in [9.17, 15) is 14.4 Å². The molecule has 2 aromatic rings. The van der Waals surface area contributed by atoms with Gasteiger partial charge in [-0.05, 0) is 42.9 Å². The van der Waals surface area contributed by atoms with Gasteiger partial charge in [0.05, 0.1) is 40.6 Å². The zero-order chi connectivity index (χ0) is 26.7. The molecule has 2 aliphatic heterocycles. The Balaban J connectivity index is 1.51. The number of hydrogen-bond acceptors (Lipinski definition) is 9. The molecule has 37 heavy (non-hydrogen) atoms. The second-order valence-corrected chi connectivity index (χ2v) is 11.1. The van der Waals surface area contributed by atoms with Gasteiger partial charge in [-0.2, -0.15) is 0 Å². The molecule has 2 atom stereocenters. The van der Waals surface area contributed by atoms with Crippen LogP contribution in [0.5, 0.6) is 0 Å². The Morgan fingerprint density at radius 2 is 2.03 bits per heavy atom.